The summed E-state index contributed by atoms with van der Waals surface area (Å²) in [5.41, 5.74) is 0.0180. The Balaban J connectivity index is 1.67. The lowest BCUT2D eigenvalue weighted by atomic mass is 10.3. The van der Waals surface area contributed by atoms with Gasteiger partial charge in [0.2, 0.25) is 5.91 Å². The van der Waals surface area contributed by atoms with Gasteiger partial charge in [0.15, 0.2) is 11.5 Å². The Hall–Kier alpha value is -3.10. The minimum atomic E-state index is -0.539. The molecule has 2 N–H and O–H groups in total. The van der Waals surface area contributed by atoms with Gasteiger partial charge in [0.05, 0.1) is 12.8 Å². The van der Waals surface area contributed by atoms with Gasteiger partial charge in [-0.25, -0.2) is 0 Å². The van der Waals surface area contributed by atoms with E-state index in [1.807, 2.05) is 0 Å². The molecule has 0 aliphatic carbocycles. The van der Waals surface area contributed by atoms with Crippen LogP contribution in [0.25, 0.3) is 0 Å². The van der Waals surface area contributed by atoms with Gasteiger partial charge in [-0.3, -0.25) is 19.7 Å². The number of oxazole rings is 1. The zero-order chi connectivity index (χ0) is 15.5. The maximum atomic E-state index is 12.2. The normalized spacial score (nSPS) is 14.5. The molecular weight excluding hydrogens is 292 g/mol. The minimum Gasteiger partial charge on any atom is -0.459 e. The molecule has 9 nitrogen and oxygen atoms in total. The third kappa shape index (κ3) is 2.82. The van der Waals surface area contributed by atoms with E-state index < -0.39 is 11.8 Å². The molecule has 3 amide bonds. The lowest BCUT2D eigenvalue weighted by Crippen LogP contribution is -2.50. The van der Waals surface area contributed by atoms with Crippen molar-refractivity contribution < 1.29 is 23.2 Å². The molecular formula is C13H12N4O5. The average Bonchev–Trinajstić information content (AvgIpc) is 3.18. The molecule has 0 aromatic carbocycles. The number of amides is 3. The van der Waals surface area contributed by atoms with Crippen molar-refractivity contribution in [3.8, 4) is 0 Å². The molecule has 0 atom stereocenters. The van der Waals surface area contributed by atoms with Crippen molar-refractivity contribution in [1.29, 1.82) is 0 Å². The van der Waals surface area contributed by atoms with Crippen LogP contribution >= 0.6 is 0 Å². The van der Waals surface area contributed by atoms with E-state index >= 15 is 0 Å². The van der Waals surface area contributed by atoms with Crippen LogP contribution in [-0.2, 0) is 4.79 Å². The second-order valence-corrected chi connectivity index (χ2v) is 4.55. The first-order valence-corrected chi connectivity index (χ1v) is 6.50. The van der Waals surface area contributed by atoms with Crippen molar-refractivity contribution >= 4 is 23.7 Å². The smallest absolute Gasteiger partial charge is 0.302 e. The molecule has 1 aliphatic heterocycles. The van der Waals surface area contributed by atoms with Crippen molar-refractivity contribution in [2.45, 2.75) is 0 Å². The fourth-order valence-electron chi connectivity index (χ4n) is 1.97. The summed E-state index contributed by atoms with van der Waals surface area (Å²) in [7, 11) is 0. The van der Waals surface area contributed by atoms with Crippen LogP contribution in [0.15, 0.2) is 33.5 Å². The maximum absolute atomic E-state index is 12.2. The quantitative estimate of drug-likeness (QED) is 0.830. The van der Waals surface area contributed by atoms with Crippen molar-refractivity contribution in [3.05, 3.63) is 36.1 Å². The number of anilines is 1. The summed E-state index contributed by atoms with van der Waals surface area (Å²) in [5, 5.41) is 4.99. The predicted molar refractivity (Wildman–Crippen MR) is 72.1 cm³/mol. The van der Waals surface area contributed by atoms with E-state index in [2.05, 4.69) is 15.6 Å². The van der Waals surface area contributed by atoms with Gasteiger partial charge in [0.1, 0.15) is 6.26 Å². The van der Waals surface area contributed by atoms with Gasteiger partial charge in [-0.2, -0.15) is 4.98 Å². The van der Waals surface area contributed by atoms with Crippen LogP contribution in [0.4, 0.5) is 6.01 Å². The summed E-state index contributed by atoms with van der Waals surface area (Å²) >= 11 is 0. The first-order chi connectivity index (χ1) is 10.6. The summed E-state index contributed by atoms with van der Waals surface area (Å²) in [6, 6.07) is 2.93. The number of nitrogens with one attached hydrogen (secondary N) is 2. The number of nitrogens with zero attached hydrogens (tertiary/aromatic N) is 2. The van der Waals surface area contributed by atoms with E-state index in [1.165, 1.54) is 17.2 Å². The molecule has 0 radical (unpaired) electrons. The standard InChI is InChI=1S/C13H12N4O5/c18-10-6-17(4-3-14-10)12(20)8-7-22-13(15-8)16-11(19)9-2-1-5-21-9/h1-2,5,7H,3-4,6H2,(H,14,18)(H,15,16,19). The molecule has 1 saturated heterocycles. The second kappa shape index (κ2) is 5.72. The lowest BCUT2D eigenvalue weighted by Gasteiger charge is -2.25. The number of carbonyl (C=O) groups excluding carboxylic acids is 3. The van der Waals surface area contributed by atoms with E-state index in [-0.39, 0.29) is 29.9 Å². The summed E-state index contributed by atoms with van der Waals surface area (Å²) in [5.74, 6) is -1.10. The van der Waals surface area contributed by atoms with Crippen molar-refractivity contribution in [1.82, 2.24) is 15.2 Å². The van der Waals surface area contributed by atoms with Crippen molar-refractivity contribution in [3.63, 3.8) is 0 Å². The highest BCUT2D eigenvalue weighted by molar-refractivity contribution is 6.01. The number of hydrogen-bond donors (Lipinski definition) is 2. The second-order valence-electron chi connectivity index (χ2n) is 4.55. The van der Waals surface area contributed by atoms with E-state index in [0.29, 0.717) is 13.1 Å². The van der Waals surface area contributed by atoms with Gasteiger partial charge in [-0.1, -0.05) is 0 Å². The third-order valence-electron chi connectivity index (χ3n) is 3.01. The number of carbonyl (C=O) groups is 3. The first kappa shape index (κ1) is 13.9. The van der Waals surface area contributed by atoms with E-state index in [9.17, 15) is 14.4 Å². The highest BCUT2D eigenvalue weighted by Crippen LogP contribution is 2.12. The highest BCUT2D eigenvalue weighted by atomic mass is 16.4. The van der Waals surface area contributed by atoms with Crippen LogP contribution in [0.5, 0.6) is 0 Å². The van der Waals surface area contributed by atoms with E-state index in [0.717, 1.165) is 6.26 Å². The summed E-state index contributed by atoms with van der Waals surface area (Å²) in [6.45, 7) is 0.760. The van der Waals surface area contributed by atoms with E-state index in [1.54, 1.807) is 6.07 Å². The molecule has 1 fully saturated rings. The minimum absolute atomic E-state index is 0.0180. The Kier molecular flexibility index (Phi) is 3.60. The SMILES string of the molecule is O=C1CN(C(=O)c2coc(NC(=O)c3ccco3)n2)CCN1. The first-order valence-electron chi connectivity index (χ1n) is 6.50. The molecule has 0 unspecified atom stereocenters. The van der Waals surface area contributed by atoms with Gasteiger partial charge in [-0.05, 0) is 12.1 Å². The number of rotatable bonds is 3. The molecule has 22 heavy (non-hydrogen) atoms. The Bertz CT molecular complexity index is 706. The Morgan fingerprint density at radius 3 is 2.95 bits per heavy atom. The predicted octanol–water partition coefficient (Wildman–Crippen LogP) is 0.0919. The molecule has 1 aliphatic rings. The van der Waals surface area contributed by atoms with Crippen LogP contribution in [0.2, 0.25) is 0 Å². The van der Waals surface area contributed by atoms with Crippen molar-refractivity contribution in [2.24, 2.45) is 0 Å². The van der Waals surface area contributed by atoms with Crippen LogP contribution < -0.4 is 10.6 Å². The highest BCUT2D eigenvalue weighted by Gasteiger charge is 2.25. The van der Waals surface area contributed by atoms with Crippen LogP contribution in [-0.4, -0.2) is 47.2 Å². The zero-order valence-corrected chi connectivity index (χ0v) is 11.4. The monoisotopic (exact) mass is 304 g/mol. The molecule has 3 rings (SSSR count). The summed E-state index contributed by atoms with van der Waals surface area (Å²) < 4.78 is 9.97. The average molecular weight is 304 g/mol. The molecule has 2 aromatic rings. The maximum Gasteiger partial charge on any atom is 0.302 e. The van der Waals surface area contributed by atoms with Gasteiger partial charge >= 0.3 is 6.01 Å². The molecule has 0 bridgehead atoms. The van der Waals surface area contributed by atoms with Crippen LogP contribution in [0.1, 0.15) is 21.0 Å². The molecule has 114 valence electrons. The number of furan rings is 1. The molecule has 2 aromatic heterocycles. The van der Waals surface area contributed by atoms with E-state index in [4.69, 9.17) is 8.83 Å². The Morgan fingerprint density at radius 1 is 1.36 bits per heavy atom. The Labute approximate surface area is 124 Å². The van der Waals surface area contributed by atoms with Crippen LogP contribution in [0, 0.1) is 0 Å². The fourth-order valence-corrected chi connectivity index (χ4v) is 1.97. The topological polar surface area (TPSA) is 118 Å². The third-order valence-corrected chi connectivity index (χ3v) is 3.01. The number of hydrogen-bond acceptors (Lipinski definition) is 6. The van der Waals surface area contributed by atoms with Crippen LogP contribution in [0.3, 0.4) is 0 Å². The largest absolute Gasteiger partial charge is 0.459 e. The molecule has 0 saturated carbocycles. The summed E-state index contributed by atoms with van der Waals surface area (Å²) in [6.07, 6.45) is 2.49. The summed E-state index contributed by atoms with van der Waals surface area (Å²) in [4.78, 5) is 40.4. The number of aromatic nitrogens is 1. The zero-order valence-electron chi connectivity index (χ0n) is 11.4. The molecule has 9 heteroatoms. The van der Waals surface area contributed by atoms with Gasteiger partial charge in [-0.15, -0.1) is 0 Å². The van der Waals surface area contributed by atoms with Crippen molar-refractivity contribution in [2.75, 3.05) is 25.0 Å². The fraction of sp³-hybridized carbons (Fsp3) is 0.231. The Morgan fingerprint density at radius 2 is 2.23 bits per heavy atom. The molecule has 0 spiro atoms. The molecule has 3 heterocycles. The van der Waals surface area contributed by atoms with Gasteiger partial charge in [0.25, 0.3) is 11.8 Å². The van der Waals surface area contributed by atoms with Gasteiger partial charge in [0, 0.05) is 13.1 Å². The number of piperazine rings is 1. The lowest BCUT2D eigenvalue weighted by molar-refractivity contribution is -0.123. The van der Waals surface area contributed by atoms with Gasteiger partial charge < -0.3 is 19.1 Å².